The SMILES string of the molecule is COC(=O)C1=C(C)N(c2cccc3ccccc23)C(=O)C1=Cc1cccc(Br)c1. The van der Waals surface area contributed by atoms with Crippen molar-refractivity contribution in [2.45, 2.75) is 6.92 Å². The van der Waals surface area contributed by atoms with E-state index in [1.54, 1.807) is 17.9 Å². The first-order valence-electron chi connectivity index (χ1n) is 9.10. The van der Waals surface area contributed by atoms with E-state index >= 15 is 0 Å². The number of carbonyl (C=O) groups excluding carboxylic acids is 2. The molecule has 0 aliphatic carbocycles. The first-order valence-corrected chi connectivity index (χ1v) is 9.89. The zero-order chi connectivity index (χ0) is 20.5. The van der Waals surface area contributed by atoms with Crippen LogP contribution in [0.25, 0.3) is 16.8 Å². The van der Waals surface area contributed by atoms with Crippen LogP contribution in [-0.2, 0) is 14.3 Å². The fraction of sp³-hybridized carbons (Fsp3) is 0.0833. The summed E-state index contributed by atoms with van der Waals surface area (Å²) in [5.74, 6) is -0.779. The van der Waals surface area contributed by atoms with Gasteiger partial charge in [-0.25, -0.2) is 4.79 Å². The van der Waals surface area contributed by atoms with Crippen LogP contribution in [0.15, 0.2) is 88.0 Å². The number of amides is 1. The van der Waals surface area contributed by atoms with Gasteiger partial charge in [-0.2, -0.15) is 0 Å². The monoisotopic (exact) mass is 447 g/mol. The van der Waals surface area contributed by atoms with E-state index in [1.165, 1.54) is 7.11 Å². The number of benzene rings is 3. The van der Waals surface area contributed by atoms with Crippen LogP contribution in [0.3, 0.4) is 0 Å². The predicted molar refractivity (Wildman–Crippen MR) is 118 cm³/mol. The minimum Gasteiger partial charge on any atom is -0.465 e. The van der Waals surface area contributed by atoms with Crippen LogP contribution in [-0.4, -0.2) is 19.0 Å². The number of carbonyl (C=O) groups is 2. The Balaban J connectivity index is 1.92. The Hall–Kier alpha value is -3.18. The summed E-state index contributed by atoms with van der Waals surface area (Å²) in [6.07, 6.45) is 1.73. The zero-order valence-electron chi connectivity index (χ0n) is 16.0. The number of fused-ring (bicyclic) bond motifs is 1. The molecule has 0 bridgehead atoms. The van der Waals surface area contributed by atoms with Crippen LogP contribution < -0.4 is 4.90 Å². The largest absolute Gasteiger partial charge is 0.465 e. The Morgan fingerprint density at radius 2 is 1.76 bits per heavy atom. The number of nitrogens with zero attached hydrogens (tertiary/aromatic N) is 1. The third kappa shape index (κ3) is 3.38. The lowest BCUT2D eigenvalue weighted by atomic mass is 10.0. The van der Waals surface area contributed by atoms with Gasteiger partial charge in [0.15, 0.2) is 0 Å². The lowest BCUT2D eigenvalue weighted by Crippen LogP contribution is -2.24. The summed E-state index contributed by atoms with van der Waals surface area (Å²) in [6, 6.07) is 21.2. The second-order valence-corrected chi connectivity index (χ2v) is 7.62. The molecule has 3 aromatic carbocycles. The van der Waals surface area contributed by atoms with Gasteiger partial charge < -0.3 is 4.74 Å². The first kappa shape index (κ1) is 19.2. The Kier molecular flexibility index (Phi) is 5.07. The van der Waals surface area contributed by atoms with Gasteiger partial charge in [0.05, 0.1) is 23.9 Å². The number of methoxy groups -OCH3 is 1. The van der Waals surface area contributed by atoms with E-state index in [2.05, 4.69) is 15.9 Å². The van der Waals surface area contributed by atoms with E-state index in [1.807, 2.05) is 66.7 Å². The molecule has 1 aliphatic rings. The number of esters is 1. The molecule has 0 spiro atoms. The molecule has 144 valence electrons. The summed E-state index contributed by atoms with van der Waals surface area (Å²) < 4.78 is 5.88. The Labute approximate surface area is 177 Å². The number of halogens is 1. The van der Waals surface area contributed by atoms with Crippen molar-refractivity contribution >= 4 is 50.3 Å². The third-order valence-corrected chi connectivity index (χ3v) is 5.45. The normalized spacial score (nSPS) is 15.5. The van der Waals surface area contributed by atoms with E-state index in [-0.39, 0.29) is 11.5 Å². The summed E-state index contributed by atoms with van der Waals surface area (Å²) in [6.45, 7) is 1.77. The molecule has 4 rings (SSSR count). The maximum atomic E-state index is 13.5. The molecule has 1 aliphatic heterocycles. The van der Waals surface area contributed by atoms with E-state index in [0.717, 1.165) is 26.5 Å². The fourth-order valence-corrected chi connectivity index (χ4v) is 4.05. The number of rotatable bonds is 3. The molecule has 29 heavy (non-hydrogen) atoms. The highest BCUT2D eigenvalue weighted by Crippen LogP contribution is 2.38. The summed E-state index contributed by atoms with van der Waals surface area (Å²) in [7, 11) is 1.32. The Morgan fingerprint density at radius 3 is 2.52 bits per heavy atom. The van der Waals surface area contributed by atoms with Crippen molar-refractivity contribution in [3.05, 3.63) is 93.6 Å². The highest BCUT2D eigenvalue weighted by atomic mass is 79.9. The van der Waals surface area contributed by atoms with E-state index in [4.69, 9.17) is 4.74 Å². The van der Waals surface area contributed by atoms with Crippen LogP contribution in [0.5, 0.6) is 0 Å². The second kappa shape index (κ2) is 7.68. The molecule has 0 fully saturated rings. The Bertz CT molecular complexity index is 1200. The highest BCUT2D eigenvalue weighted by molar-refractivity contribution is 9.10. The van der Waals surface area contributed by atoms with Crippen LogP contribution in [0.4, 0.5) is 5.69 Å². The van der Waals surface area contributed by atoms with Crippen molar-refractivity contribution in [2.24, 2.45) is 0 Å². The molecule has 0 radical (unpaired) electrons. The van der Waals surface area contributed by atoms with Gasteiger partial charge in [-0.3, -0.25) is 9.69 Å². The molecule has 0 unspecified atom stereocenters. The number of anilines is 1. The quantitative estimate of drug-likeness (QED) is 0.394. The molecule has 0 saturated heterocycles. The van der Waals surface area contributed by atoms with Gasteiger partial charge >= 0.3 is 5.97 Å². The molecule has 4 nitrogen and oxygen atoms in total. The Morgan fingerprint density at radius 1 is 1.03 bits per heavy atom. The van der Waals surface area contributed by atoms with Gasteiger partial charge in [-0.15, -0.1) is 0 Å². The van der Waals surface area contributed by atoms with Gasteiger partial charge in [-0.1, -0.05) is 64.5 Å². The third-order valence-electron chi connectivity index (χ3n) is 4.96. The van der Waals surface area contributed by atoms with Crippen molar-refractivity contribution in [1.29, 1.82) is 0 Å². The van der Waals surface area contributed by atoms with Gasteiger partial charge in [-0.05, 0) is 42.1 Å². The summed E-state index contributed by atoms with van der Waals surface area (Å²) in [5.41, 5.74) is 2.71. The lowest BCUT2D eigenvalue weighted by Gasteiger charge is -2.20. The van der Waals surface area contributed by atoms with Gasteiger partial charge in [0.1, 0.15) is 0 Å². The molecule has 1 amide bonds. The summed E-state index contributed by atoms with van der Waals surface area (Å²) >= 11 is 3.44. The summed E-state index contributed by atoms with van der Waals surface area (Å²) in [4.78, 5) is 27.6. The van der Waals surface area contributed by atoms with Crippen LogP contribution >= 0.6 is 15.9 Å². The molecular formula is C24H18BrNO3. The number of hydrogen-bond donors (Lipinski definition) is 0. The summed E-state index contributed by atoms with van der Waals surface area (Å²) in [5, 5.41) is 1.96. The maximum absolute atomic E-state index is 13.5. The van der Waals surface area contributed by atoms with Gasteiger partial charge in [0, 0.05) is 15.6 Å². The maximum Gasteiger partial charge on any atom is 0.340 e. The molecule has 0 N–H and O–H groups in total. The van der Waals surface area contributed by atoms with Crippen LogP contribution in [0, 0.1) is 0 Å². The molecule has 3 aromatic rings. The molecular weight excluding hydrogens is 430 g/mol. The second-order valence-electron chi connectivity index (χ2n) is 6.70. The standard InChI is InChI=1S/C24H18BrNO3/c1-15-22(24(28)29-2)20(14-16-7-5-10-18(25)13-16)23(27)26(15)21-12-6-9-17-8-3-4-11-19(17)21/h3-14H,1-2H3. The molecule has 5 heteroatoms. The molecule has 0 aromatic heterocycles. The molecule has 1 heterocycles. The van der Waals surface area contributed by atoms with Crippen LogP contribution in [0.1, 0.15) is 12.5 Å². The van der Waals surface area contributed by atoms with Crippen molar-refractivity contribution in [2.75, 3.05) is 12.0 Å². The number of ether oxygens (including phenoxy) is 1. The average Bonchev–Trinajstić information content (AvgIpc) is 2.96. The minimum absolute atomic E-state index is 0.251. The number of allylic oxidation sites excluding steroid dienone is 1. The van der Waals surface area contributed by atoms with E-state index < -0.39 is 5.97 Å². The van der Waals surface area contributed by atoms with Crippen molar-refractivity contribution in [3.63, 3.8) is 0 Å². The first-order chi connectivity index (χ1) is 14.0. The van der Waals surface area contributed by atoms with Crippen molar-refractivity contribution < 1.29 is 14.3 Å². The highest BCUT2D eigenvalue weighted by Gasteiger charge is 2.38. The molecule has 0 saturated carbocycles. The molecule has 0 atom stereocenters. The van der Waals surface area contributed by atoms with E-state index in [9.17, 15) is 9.59 Å². The van der Waals surface area contributed by atoms with Gasteiger partial charge in [0.2, 0.25) is 0 Å². The zero-order valence-corrected chi connectivity index (χ0v) is 17.6. The van der Waals surface area contributed by atoms with E-state index in [0.29, 0.717) is 11.3 Å². The fourth-order valence-electron chi connectivity index (χ4n) is 3.64. The van der Waals surface area contributed by atoms with Crippen molar-refractivity contribution in [1.82, 2.24) is 0 Å². The topological polar surface area (TPSA) is 46.6 Å². The smallest absolute Gasteiger partial charge is 0.340 e. The lowest BCUT2D eigenvalue weighted by molar-refractivity contribution is -0.136. The van der Waals surface area contributed by atoms with Crippen molar-refractivity contribution in [3.8, 4) is 0 Å². The average molecular weight is 448 g/mol. The minimum atomic E-state index is -0.528. The predicted octanol–water partition coefficient (Wildman–Crippen LogP) is 5.48. The number of hydrogen-bond acceptors (Lipinski definition) is 3. The van der Waals surface area contributed by atoms with Crippen LogP contribution in [0.2, 0.25) is 0 Å². The van der Waals surface area contributed by atoms with Gasteiger partial charge in [0.25, 0.3) is 5.91 Å².